The summed E-state index contributed by atoms with van der Waals surface area (Å²) in [5.74, 6) is 0.773. The van der Waals surface area contributed by atoms with E-state index in [2.05, 4.69) is 54.7 Å². The predicted molar refractivity (Wildman–Crippen MR) is 83.9 cm³/mol. The Morgan fingerprint density at radius 2 is 1.89 bits per heavy atom. The number of benzene rings is 2. The van der Waals surface area contributed by atoms with Gasteiger partial charge in [-0.05, 0) is 36.2 Å². The molecule has 0 aliphatic heterocycles. The Morgan fingerprint density at radius 3 is 2.68 bits per heavy atom. The minimum Gasteiger partial charge on any atom is -0.310 e. The van der Waals surface area contributed by atoms with Gasteiger partial charge in [-0.25, -0.2) is 0 Å². The van der Waals surface area contributed by atoms with Gasteiger partial charge in [0.2, 0.25) is 0 Å². The molecule has 0 aliphatic rings. The van der Waals surface area contributed by atoms with Crippen LogP contribution in [0.15, 0.2) is 42.5 Å². The van der Waals surface area contributed by atoms with Gasteiger partial charge in [-0.15, -0.1) is 0 Å². The standard InChI is InChI=1S/C16H21NOS/c1-13(17-11-6-12-19(2)18)15-10-5-8-14-7-3-4-9-16(14)15/h3-5,7-10,13,17H,6,11-12H2,1-2H3. The number of nitrogens with one attached hydrogen (secondary N) is 1. The fourth-order valence-corrected chi connectivity index (χ4v) is 2.88. The van der Waals surface area contributed by atoms with Crippen LogP contribution in [-0.2, 0) is 10.8 Å². The van der Waals surface area contributed by atoms with Gasteiger partial charge in [0.1, 0.15) is 0 Å². The van der Waals surface area contributed by atoms with Crippen LogP contribution in [0.4, 0.5) is 0 Å². The molecule has 1 N–H and O–H groups in total. The molecule has 0 aliphatic carbocycles. The van der Waals surface area contributed by atoms with Crippen molar-refractivity contribution in [3.63, 3.8) is 0 Å². The third-order valence-electron chi connectivity index (χ3n) is 3.35. The van der Waals surface area contributed by atoms with E-state index in [4.69, 9.17) is 0 Å². The Morgan fingerprint density at radius 1 is 1.16 bits per heavy atom. The van der Waals surface area contributed by atoms with E-state index in [9.17, 15) is 4.21 Å². The molecule has 0 radical (unpaired) electrons. The van der Waals surface area contributed by atoms with E-state index < -0.39 is 10.8 Å². The molecule has 19 heavy (non-hydrogen) atoms. The predicted octanol–water partition coefficient (Wildman–Crippen LogP) is 3.26. The van der Waals surface area contributed by atoms with E-state index in [1.54, 1.807) is 6.26 Å². The van der Waals surface area contributed by atoms with Crippen molar-refractivity contribution in [1.29, 1.82) is 0 Å². The van der Waals surface area contributed by atoms with Gasteiger partial charge in [0.25, 0.3) is 0 Å². The zero-order chi connectivity index (χ0) is 13.7. The van der Waals surface area contributed by atoms with Crippen molar-refractivity contribution >= 4 is 21.6 Å². The lowest BCUT2D eigenvalue weighted by atomic mass is 10.00. The first-order valence-corrected chi connectivity index (χ1v) is 8.42. The highest BCUT2D eigenvalue weighted by Gasteiger charge is 2.08. The molecule has 0 heterocycles. The molecule has 0 aromatic heterocycles. The summed E-state index contributed by atoms with van der Waals surface area (Å²) in [6.45, 7) is 3.09. The molecule has 0 bridgehead atoms. The van der Waals surface area contributed by atoms with E-state index >= 15 is 0 Å². The zero-order valence-corrected chi connectivity index (χ0v) is 12.4. The highest BCUT2D eigenvalue weighted by Crippen LogP contribution is 2.23. The summed E-state index contributed by atoms with van der Waals surface area (Å²) in [5.41, 5.74) is 1.33. The molecule has 0 saturated heterocycles. The molecule has 2 aromatic rings. The van der Waals surface area contributed by atoms with Crippen LogP contribution in [0.25, 0.3) is 10.8 Å². The van der Waals surface area contributed by atoms with Gasteiger partial charge in [-0.2, -0.15) is 0 Å². The van der Waals surface area contributed by atoms with Crippen LogP contribution < -0.4 is 5.32 Å². The largest absolute Gasteiger partial charge is 0.310 e. The minimum absolute atomic E-state index is 0.316. The van der Waals surface area contributed by atoms with Gasteiger partial charge in [0.05, 0.1) is 0 Å². The van der Waals surface area contributed by atoms with E-state index in [0.29, 0.717) is 6.04 Å². The van der Waals surface area contributed by atoms with Crippen molar-refractivity contribution in [3.05, 3.63) is 48.0 Å². The molecule has 0 spiro atoms. The molecule has 2 nitrogen and oxygen atoms in total. The van der Waals surface area contributed by atoms with Crippen LogP contribution in [0.5, 0.6) is 0 Å². The van der Waals surface area contributed by atoms with E-state index in [1.165, 1.54) is 16.3 Å². The Kier molecular flexibility index (Phi) is 5.11. The summed E-state index contributed by atoms with van der Waals surface area (Å²) in [4.78, 5) is 0. The fraction of sp³-hybridized carbons (Fsp3) is 0.375. The Balaban J connectivity index is 2.05. The van der Waals surface area contributed by atoms with Gasteiger partial charge >= 0.3 is 0 Å². The molecule has 102 valence electrons. The summed E-state index contributed by atoms with van der Waals surface area (Å²) in [5, 5.41) is 6.10. The topological polar surface area (TPSA) is 29.1 Å². The van der Waals surface area contributed by atoms with Crippen LogP contribution in [0.2, 0.25) is 0 Å². The van der Waals surface area contributed by atoms with Gasteiger partial charge < -0.3 is 5.32 Å². The van der Waals surface area contributed by atoms with Crippen molar-refractivity contribution in [2.45, 2.75) is 19.4 Å². The Hall–Kier alpha value is -1.19. The molecule has 3 heteroatoms. The number of fused-ring (bicyclic) bond motifs is 1. The number of hydrogen-bond donors (Lipinski definition) is 1. The summed E-state index contributed by atoms with van der Waals surface area (Å²) in [6, 6.07) is 15.2. The molecule has 0 saturated carbocycles. The summed E-state index contributed by atoms with van der Waals surface area (Å²) >= 11 is 0. The van der Waals surface area contributed by atoms with Crippen molar-refractivity contribution < 1.29 is 4.21 Å². The van der Waals surface area contributed by atoms with Gasteiger partial charge in [-0.3, -0.25) is 4.21 Å². The first kappa shape index (κ1) is 14.2. The second-order valence-electron chi connectivity index (χ2n) is 4.88. The monoisotopic (exact) mass is 275 g/mol. The van der Waals surface area contributed by atoms with Crippen LogP contribution in [0.3, 0.4) is 0 Å². The van der Waals surface area contributed by atoms with Crippen LogP contribution >= 0.6 is 0 Å². The maximum Gasteiger partial charge on any atom is 0.0297 e. The molecular weight excluding hydrogens is 254 g/mol. The molecule has 2 aromatic carbocycles. The molecule has 0 amide bonds. The minimum atomic E-state index is -0.687. The van der Waals surface area contributed by atoms with E-state index in [0.717, 1.165) is 18.7 Å². The highest BCUT2D eigenvalue weighted by molar-refractivity contribution is 7.84. The third kappa shape index (κ3) is 3.88. The van der Waals surface area contributed by atoms with Crippen LogP contribution in [0, 0.1) is 0 Å². The van der Waals surface area contributed by atoms with Crippen molar-refractivity contribution in [1.82, 2.24) is 5.32 Å². The zero-order valence-electron chi connectivity index (χ0n) is 11.6. The molecule has 2 unspecified atom stereocenters. The average molecular weight is 275 g/mol. The number of rotatable bonds is 6. The quantitative estimate of drug-likeness (QED) is 0.820. The number of hydrogen-bond acceptors (Lipinski definition) is 2. The summed E-state index contributed by atoms with van der Waals surface area (Å²) in [7, 11) is -0.687. The highest BCUT2D eigenvalue weighted by atomic mass is 32.2. The fourth-order valence-electron chi connectivity index (χ4n) is 2.33. The SMILES string of the molecule is CC(NCCCS(C)=O)c1cccc2ccccc12. The molecule has 0 fully saturated rings. The van der Waals surface area contributed by atoms with Gasteiger partial charge in [0, 0.05) is 28.9 Å². The Bertz CT molecular complexity index is 562. The van der Waals surface area contributed by atoms with Crippen molar-refractivity contribution in [2.75, 3.05) is 18.6 Å². The maximum atomic E-state index is 11.0. The molecular formula is C16H21NOS. The lowest BCUT2D eigenvalue weighted by Crippen LogP contribution is -2.21. The van der Waals surface area contributed by atoms with Crippen LogP contribution in [0.1, 0.15) is 24.9 Å². The van der Waals surface area contributed by atoms with E-state index in [1.807, 2.05) is 0 Å². The second-order valence-corrected chi connectivity index (χ2v) is 6.43. The lowest BCUT2D eigenvalue weighted by Gasteiger charge is -2.16. The van der Waals surface area contributed by atoms with E-state index in [-0.39, 0.29) is 0 Å². The average Bonchev–Trinajstić information content (AvgIpc) is 2.42. The van der Waals surface area contributed by atoms with Crippen molar-refractivity contribution in [3.8, 4) is 0 Å². The summed E-state index contributed by atoms with van der Waals surface area (Å²) < 4.78 is 11.0. The van der Waals surface area contributed by atoms with Gasteiger partial charge in [0.15, 0.2) is 0 Å². The van der Waals surface area contributed by atoms with Crippen molar-refractivity contribution in [2.24, 2.45) is 0 Å². The third-order valence-corrected chi connectivity index (χ3v) is 4.21. The normalized spacial score (nSPS) is 14.4. The second kappa shape index (κ2) is 6.83. The first-order valence-electron chi connectivity index (χ1n) is 6.69. The maximum absolute atomic E-state index is 11.0. The first-order chi connectivity index (χ1) is 9.18. The lowest BCUT2D eigenvalue weighted by molar-refractivity contribution is 0.573. The van der Waals surface area contributed by atoms with Crippen LogP contribution in [-0.4, -0.2) is 22.8 Å². The Labute approximate surface area is 117 Å². The van der Waals surface area contributed by atoms with Gasteiger partial charge in [-0.1, -0.05) is 42.5 Å². The summed E-state index contributed by atoms with van der Waals surface area (Å²) in [6.07, 6.45) is 2.71. The molecule has 2 atom stereocenters. The smallest absolute Gasteiger partial charge is 0.0297 e. The molecule has 2 rings (SSSR count).